The maximum atomic E-state index is 5.59. The first kappa shape index (κ1) is 20.9. The zero-order valence-electron chi connectivity index (χ0n) is 14.3. The Morgan fingerprint density at radius 3 is 2.65 bits per heavy atom. The van der Waals surface area contributed by atoms with E-state index in [-0.39, 0.29) is 24.0 Å². The van der Waals surface area contributed by atoms with Gasteiger partial charge in [-0.1, -0.05) is 0 Å². The molecule has 7 nitrogen and oxygen atoms in total. The molecule has 0 bridgehead atoms. The molecule has 0 radical (unpaired) electrons. The van der Waals surface area contributed by atoms with E-state index in [1.165, 1.54) is 0 Å². The van der Waals surface area contributed by atoms with Gasteiger partial charge in [0.2, 0.25) is 0 Å². The Hall–Kier alpha value is -0.160. The Morgan fingerprint density at radius 2 is 2.04 bits per heavy atom. The number of morpholine rings is 1. The van der Waals surface area contributed by atoms with Gasteiger partial charge in [-0.15, -0.1) is 24.0 Å². The predicted molar refractivity (Wildman–Crippen MR) is 102 cm³/mol. The predicted octanol–water partition coefficient (Wildman–Crippen LogP) is 0.153. The highest BCUT2D eigenvalue weighted by molar-refractivity contribution is 14.0. The molecule has 0 aliphatic carbocycles. The number of ether oxygens (including phenoxy) is 3. The molecular formula is C15H31IN4O3. The molecule has 2 saturated heterocycles. The second kappa shape index (κ2) is 12.2. The van der Waals surface area contributed by atoms with E-state index < -0.39 is 0 Å². The van der Waals surface area contributed by atoms with Crippen molar-refractivity contribution >= 4 is 29.9 Å². The van der Waals surface area contributed by atoms with E-state index in [1.54, 1.807) is 14.2 Å². The fourth-order valence-corrected chi connectivity index (χ4v) is 3.05. The van der Waals surface area contributed by atoms with Gasteiger partial charge in [0.1, 0.15) is 0 Å². The highest BCUT2D eigenvalue weighted by Gasteiger charge is 2.31. The van der Waals surface area contributed by atoms with E-state index in [9.17, 15) is 0 Å². The minimum absolute atomic E-state index is 0. The molecule has 0 aromatic carbocycles. The number of nitrogens with one attached hydrogen (secondary N) is 2. The summed E-state index contributed by atoms with van der Waals surface area (Å²) in [5, 5.41) is 6.71. The van der Waals surface area contributed by atoms with Gasteiger partial charge in [0.25, 0.3) is 0 Å². The van der Waals surface area contributed by atoms with Crippen molar-refractivity contribution in [3.63, 3.8) is 0 Å². The fourth-order valence-electron chi connectivity index (χ4n) is 3.05. The van der Waals surface area contributed by atoms with E-state index in [2.05, 4.69) is 20.5 Å². The van der Waals surface area contributed by atoms with Crippen LogP contribution in [0.1, 0.15) is 6.42 Å². The largest absolute Gasteiger partial charge is 0.383 e. The van der Waals surface area contributed by atoms with Crippen LogP contribution in [0.15, 0.2) is 4.99 Å². The molecular weight excluding hydrogens is 411 g/mol. The highest BCUT2D eigenvalue weighted by atomic mass is 127. The van der Waals surface area contributed by atoms with E-state index >= 15 is 0 Å². The molecule has 2 heterocycles. The maximum absolute atomic E-state index is 5.59. The standard InChI is InChI=1S/C15H30N4O3.HI/c1-16-15(17-4-8-20-2)18-11-14(13-3-7-22-12-13)19-5-9-21-10-6-19;/h13-14H,3-12H2,1-2H3,(H2,16,17,18);1H. The quantitative estimate of drug-likeness (QED) is 0.253. The van der Waals surface area contributed by atoms with Gasteiger partial charge >= 0.3 is 0 Å². The minimum Gasteiger partial charge on any atom is -0.383 e. The average Bonchev–Trinajstić information content (AvgIpc) is 3.09. The van der Waals surface area contributed by atoms with Crippen LogP contribution in [0.3, 0.4) is 0 Å². The van der Waals surface area contributed by atoms with Gasteiger partial charge in [0.15, 0.2) is 5.96 Å². The Kier molecular flexibility index (Phi) is 11.1. The molecule has 23 heavy (non-hydrogen) atoms. The Labute approximate surface area is 156 Å². The zero-order valence-corrected chi connectivity index (χ0v) is 16.6. The van der Waals surface area contributed by atoms with Crippen LogP contribution in [0, 0.1) is 5.92 Å². The number of hydrogen-bond acceptors (Lipinski definition) is 5. The molecule has 0 aromatic rings. The van der Waals surface area contributed by atoms with Crippen LogP contribution in [-0.4, -0.2) is 90.3 Å². The lowest BCUT2D eigenvalue weighted by atomic mass is 9.97. The third kappa shape index (κ3) is 7.08. The van der Waals surface area contributed by atoms with Crippen molar-refractivity contribution in [2.75, 3.05) is 73.4 Å². The summed E-state index contributed by atoms with van der Waals surface area (Å²) in [5.41, 5.74) is 0. The van der Waals surface area contributed by atoms with Gasteiger partial charge < -0.3 is 24.8 Å². The third-order valence-electron chi connectivity index (χ3n) is 4.32. The molecule has 2 aliphatic rings. The van der Waals surface area contributed by atoms with Crippen LogP contribution in [0.25, 0.3) is 0 Å². The molecule has 2 N–H and O–H groups in total. The number of nitrogens with zero attached hydrogens (tertiary/aromatic N) is 2. The molecule has 0 aromatic heterocycles. The van der Waals surface area contributed by atoms with E-state index in [4.69, 9.17) is 14.2 Å². The van der Waals surface area contributed by atoms with Crippen molar-refractivity contribution in [3.8, 4) is 0 Å². The van der Waals surface area contributed by atoms with Gasteiger partial charge in [0.05, 0.1) is 26.4 Å². The maximum Gasteiger partial charge on any atom is 0.191 e. The fraction of sp³-hybridized carbons (Fsp3) is 0.933. The normalized spacial score (nSPS) is 24.1. The smallest absolute Gasteiger partial charge is 0.191 e. The van der Waals surface area contributed by atoms with Crippen molar-refractivity contribution in [2.45, 2.75) is 12.5 Å². The molecule has 2 aliphatic heterocycles. The first-order chi connectivity index (χ1) is 10.8. The van der Waals surface area contributed by atoms with Gasteiger partial charge in [-0.3, -0.25) is 9.89 Å². The summed E-state index contributed by atoms with van der Waals surface area (Å²) in [5.74, 6) is 1.41. The van der Waals surface area contributed by atoms with Gasteiger partial charge in [-0.2, -0.15) is 0 Å². The summed E-state index contributed by atoms with van der Waals surface area (Å²) in [6, 6.07) is 0.465. The van der Waals surface area contributed by atoms with Gasteiger partial charge in [0, 0.05) is 58.9 Å². The number of aliphatic imine (C=N–C) groups is 1. The molecule has 2 rings (SSSR count). The molecule has 2 unspecified atom stereocenters. The molecule has 8 heteroatoms. The van der Waals surface area contributed by atoms with Crippen molar-refractivity contribution in [2.24, 2.45) is 10.9 Å². The summed E-state index contributed by atoms with van der Waals surface area (Å²) in [4.78, 5) is 6.79. The van der Waals surface area contributed by atoms with Crippen molar-refractivity contribution in [1.82, 2.24) is 15.5 Å². The van der Waals surface area contributed by atoms with Crippen LogP contribution in [-0.2, 0) is 14.2 Å². The lowest BCUT2D eigenvalue weighted by molar-refractivity contribution is 0.00246. The van der Waals surface area contributed by atoms with E-state index in [0.717, 1.165) is 65.0 Å². The number of guanidine groups is 1. The molecule has 2 atom stereocenters. The Morgan fingerprint density at radius 1 is 1.26 bits per heavy atom. The number of halogens is 1. The van der Waals surface area contributed by atoms with Crippen molar-refractivity contribution in [3.05, 3.63) is 0 Å². The summed E-state index contributed by atoms with van der Waals surface area (Å²) < 4.78 is 16.1. The Bertz CT molecular complexity index is 335. The molecule has 2 fully saturated rings. The first-order valence-electron chi connectivity index (χ1n) is 8.18. The molecule has 0 spiro atoms. The zero-order chi connectivity index (χ0) is 15.6. The van der Waals surface area contributed by atoms with Crippen LogP contribution in [0.5, 0.6) is 0 Å². The average molecular weight is 442 g/mol. The lowest BCUT2D eigenvalue weighted by Crippen LogP contribution is -2.53. The Balaban J connectivity index is 0.00000264. The van der Waals surface area contributed by atoms with Crippen LogP contribution < -0.4 is 10.6 Å². The summed E-state index contributed by atoms with van der Waals surface area (Å²) in [6.07, 6.45) is 1.14. The summed E-state index contributed by atoms with van der Waals surface area (Å²) in [6.45, 7) is 7.69. The molecule has 0 saturated carbocycles. The number of methoxy groups -OCH3 is 1. The summed E-state index contributed by atoms with van der Waals surface area (Å²) in [7, 11) is 3.50. The van der Waals surface area contributed by atoms with E-state index in [1.807, 2.05) is 0 Å². The lowest BCUT2D eigenvalue weighted by Gasteiger charge is -2.37. The van der Waals surface area contributed by atoms with Gasteiger partial charge in [-0.25, -0.2) is 0 Å². The van der Waals surface area contributed by atoms with E-state index in [0.29, 0.717) is 18.6 Å². The van der Waals surface area contributed by atoms with Crippen LogP contribution in [0.4, 0.5) is 0 Å². The molecule has 136 valence electrons. The topological polar surface area (TPSA) is 67.4 Å². The number of rotatable bonds is 7. The van der Waals surface area contributed by atoms with Crippen LogP contribution in [0.2, 0.25) is 0 Å². The number of hydrogen-bond donors (Lipinski definition) is 2. The summed E-state index contributed by atoms with van der Waals surface area (Å²) >= 11 is 0. The van der Waals surface area contributed by atoms with Crippen molar-refractivity contribution < 1.29 is 14.2 Å². The third-order valence-corrected chi connectivity index (χ3v) is 4.32. The van der Waals surface area contributed by atoms with Crippen molar-refractivity contribution in [1.29, 1.82) is 0 Å². The minimum atomic E-state index is 0. The molecule has 0 amide bonds. The second-order valence-corrected chi connectivity index (χ2v) is 5.71. The monoisotopic (exact) mass is 442 g/mol. The first-order valence-corrected chi connectivity index (χ1v) is 8.18. The highest BCUT2D eigenvalue weighted by Crippen LogP contribution is 2.21. The second-order valence-electron chi connectivity index (χ2n) is 5.71. The van der Waals surface area contributed by atoms with Gasteiger partial charge in [-0.05, 0) is 6.42 Å². The SMILES string of the molecule is CN=C(NCCOC)NCC(C1CCOC1)N1CCOCC1.I. The van der Waals surface area contributed by atoms with Crippen LogP contribution >= 0.6 is 24.0 Å².